The molecular formula is C13H11N3O3. The number of nitrogens with one attached hydrogen (secondary N) is 1. The van der Waals surface area contributed by atoms with Crippen molar-refractivity contribution >= 4 is 17.6 Å². The van der Waals surface area contributed by atoms with Gasteiger partial charge in [-0.1, -0.05) is 6.07 Å². The maximum absolute atomic E-state index is 11.4. The lowest BCUT2D eigenvalue weighted by Gasteiger charge is -2.05. The van der Waals surface area contributed by atoms with E-state index in [2.05, 4.69) is 10.4 Å². The van der Waals surface area contributed by atoms with Gasteiger partial charge in [-0.05, 0) is 24.3 Å². The van der Waals surface area contributed by atoms with Gasteiger partial charge in [-0.3, -0.25) is 4.79 Å². The van der Waals surface area contributed by atoms with E-state index < -0.39 is 11.9 Å². The van der Waals surface area contributed by atoms with Crippen molar-refractivity contribution in [1.82, 2.24) is 9.78 Å². The number of aromatic nitrogens is 2. The highest BCUT2D eigenvalue weighted by Gasteiger charge is 2.01. The number of benzene rings is 1. The molecule has 2 N–H and O–H groups in total. The van der Waals surface area contributed by atoms with Gasteiger partial charge in [0.1, 0.15) is 0 Å². The molecule has 0 unspecified atom stereocenters. The molecule has 6 heteroatoms. The summed E-state index contributed by atoms with van der Waals surface area (Å²) in [5.41, 5.74) is 1.36. The molecule has 2 aromatic rings. The molecule has 0 atom stereocenters. The molecule has 0 fully saturated rings. The molecule has 0 saturated carbocycles. The summed E-state index contributed by atoms with van der Waals surface area (Å²) in [6.07, 6.45) is 5.18. The summed E-state index contributed by atoms with van der Waals surface area (Å²) >= 11 is 0. The third-order valence-corrected chi connectivity index (χ3v) is 2.26. The first-order chi connectivity index (χ1) is 9.15. The molecule has 0 aliphatic carbocycles. The van der Waals surface area contributed by atoms with Crippen LogP contribution < -0.4 is 5.32 Å². The lowest BCUT2D eigenvalue weighted by atomic mass is 10.2. The molecule has 1 aromatic heterocycles. The van der Waals surface area contributed by atoms with Gasteiger partial charge < -0.3 is 10.4 Å². The fourth-order valence-electron chi connectivity index (χ4n) is 1.48. The third-order valence-electron chi connectivity index (χ3n) is 2.26. The lowest BCUT2D eigenvalue weighted by Crippen LogP contribution is -2.09. The molecule has 0 spiro atoms. The van der Waals surface area contributed by atoms with Crippen LogP contribution in [0.5, 0.6) is 0 Å². The molecule has 19 heavy (non-hydrogen) atoms. The molecule has 1 heterocycles. The predicted octanol–water partition coefficient (Wildman–Crippen LogP) is 1.45. The minimum Gasteiger partial charge on any atom is -0.478 e. The first-order valence-electron chi connectivity index (χ1n) is 5.47. The summed E-state index contributed by atoms with van der Waals surface area (Å²) in [7, 11) is 0. The molecule has 0 saturated heterocycles. The van der Waals surface area contributed by atoms with Gasteiger partial charge in [-0.25, -0.2) is 9.48 Å². The largest absolute Gasteiger partial charge is 0.478 e. The van der Waals surface area contributed by atoms with Crippen LogP contribution in [0.1, 0.15) is 0 Å². The van der Waals surface area contributed by atoms with Crippen LogP contribution in [0.2, 0.25) is 0 Å². The number of carboxylic acids is 1. The number of carboxylic acid groups (broad SMARTS) is 1. The number of nitrogens with zero attached hydrogens (tertiary/aromatic N) is 2. The number of hydrogen-bond donors (Lipinski definition) is 2. The second-order valence-corrected chi connectivity index (χ2v) is 3.66. The van der Waals surface area contributed by atoms with Crippen LogP contribution in [0.3, 0.4) is 0 Å². The van der Waals surface area contributed by atoms with Crippen molar-refractivity contribution in [2.45, 2.75) is 0 Å². The van der Waals surface area contributed by atoms with Gasteiger partial charge in [-0.15, -0.1) is 0 Å². The van der Waals surface area contributed by atoms with Gasteiger partial charge in [-0.2, -0.15) is 5.10 Å². The Morgan fingerprint density at radius 3 is 2.79 bits per heavy atom. The molecule has 0 radical (unpaired) electrons. The number of anilines is 1. The summed E-state index contributed by atoms with van der Waals surface area (Å²) in [6.45, 7) is 0. The predicted molar refractivity (Wildman–Crippen MR) is 69.0 cm³/mol. The molecule has 0 bridgehead atoms. The van der Waals surface area contributed by atoms with E-state index in [0.29, 0.717) is 5.69 Å². The first kappa shape index (κ1) is 12.6. The van der Waals surface area contributed by atoms with Crippen LogP contribution in [0.25, 0.3) is 5.69 Å². The van der Waals surface area contributed by atoms with Gasteiger partial charge in [0.05, 0.1) is 5.69 Å². The van der Waals surface area contributed by atoms with E-state index in [1.165, 1.54) is 0 Å². The van der Waals surface area contributed by atoms with E-state index in [1.54, 1.807) is 41.3 Å². The quantitative estimate of drug-likeness (QED) is 0.812. The second kappa shape index (κ2) is 5.63. The Kier molecular flexibility index (Phi) is 3.72. The Balaban J connectivity index is 2.12. The van der Waals surface area contributed by atoms with Gasteiger partial charge >= 0.3 is 5.97 Å². The Labute approximate surface area is 109 Å². The molecule has 1 amide bonds. The van der Waals surface area contributed by atoms with Crippen molar-refractivity contribution in [1.29, 1.82) is 0 Å². The van der Waals surface area contributed by atoms with Gasteiger partial charge in [0.15, 0.2) is 0 Å². The van der Waals surface area contributed by atoms with Crippen LogP contribution in [0.4, 0.5) is 5.69 Å². The molecular weight excluding hydrogens is 246 g/mol. The Morgan fingerprint density at radius 1 is 1.26 bits per heavy atom. The summed E-state index contributed by atoms with van der Waals surface area (Å²) in [4.78, 5) is 21.7. The first-order valence-corrected chi connectivity index (χ1v) is 5.47. The van der Waals surface area contributed by atoms with Crippen molar-refractivity contribution in [2.24, 2.45) is 0 Å². The van der Waals surface area contributed by atoms with Crippen LogP contribution in [0, 0.1) is 0 Å². The minimum absolute atomic E-state index is 0.500. The van der Waals surface area contributed by atoms with E-state index in [9.17, 15) is 9.59 Å². The number of carbonyl (C=O) groups is 2. The van der Waals surface area contributed by atoms with E-state index in [0.717, 1.165) is 17.8 Å². The maximum Gasteiger partial charge on any atom is 0.328 e. The smallest absolute Gasteiger partial charge is 0.328 e. The monoisotopic (exact) mass is 257 g/mol. The molecule has 2 rings (SSSR count). The van der Waals surface area contributed by atoms with Crippen LogP contribution in [-0.2, 0) is 9.59 Å². The Morgan fingerprint density at radius 2 is 2.11 bits per heavy atom. The zero-order chi connectivity index (χ0) is 13.7. The molecule has 0 aliphatic heterocycles. The van der Waals surface area contributed by atoms with E-state index in [-0.39, 0.29) is 0 Å². The van der Waals surface area contributed by atoms with Crippen molar-refractivity contribution < 1.29 is 14.7 Å². The fourth-order valence-corrected chi connectivity index (χ4v) is 1.48. The van der Waals surface area contributed by atoms with Gasteiger partial charge in [0.25, 0.3) is 0 Å². The van der Waals surface area contributed by atoms with Crippen LogP contribution in [-0.4, -0.2) is 26.8 Å². The number of aliphatic carboxylic acids is 1. The highest BCUT2D eigenvalue weighted by Crippen LogP contribution is 2.13. The summed E-state index contributed by atoms with van der Waals surface area (Å²) in [5.74, 6) is -1.67. The molecule has 6 nitrogen and oxygen atoms in total. The minimum atomic E-state index is -1.17. The average molecular weight is 257 g/mol. The van der Waals surface area contributed by atoms with Crippen molar-refractivity contribution in [3.8, 4) is 5.69 Å². The number of rotatable bonds is 4. The maximum atomic E-state index is 11.4. The number of carbonyl (C=O) groups excluding carboxylic acids is 1. The zero-order valence-electron chi connectivity index (χ0n) is 9.85. The van der Waals surface area contributed by atoms with Crippen molar-refractivity contribution in [3.05, 3.63) is 54.9 Å². The fraction of sp³-hybridized carbons (Fsp3) is 0. The molecule has 96 valence electrons. The zero-order valence-corrected chi connectivity index (χ0v) is 9.85. The average Bonchev–Trinajstić information content (AvgIpc) is 2.90. The Hall–Kier alpha value is -2.89. The van der Waals surface area contributed by atoms with Crippen molar-refractivity contribution in [3.63, 3.8) is 0 Å². The highest BCUT2D eigenvalue weighted by atomic mass is 16.4. The van der Waals surface area contributed by atoms with E-state index >= 15 is 0 Å². The van der Waals surface area contributed by atoms with Crippen molar-refractivity contribution in [2.75, 3.05) is 5.32 Å². The topological polar surface area (TPSA) is 84.2 Å². The van der Waals surface area contributed by atoms with E-state index in [1.807, 2.05) is 6.07 Å². The second-order valence-electron chi connectivity index (χ2n) is 3.66. The van der Waals surface area contributed by atoms with E-state index in [4.69, 9.17) is 5.11 Å². The standard InChI is InChI=1S/C13H11N3O3/c17-12(5-6-13(18)19)15-10-3-1-4-11(9-10)16-8-2-7-14-16/h1-9H,(H,15,17)(H,18,19)/b6-5+. The molecule has 1 aromatic carbocycles. The summed E-state index contributed by atoms with van der Waals surface area (Å²) < 4.78 is 1.66. The Bertz CT molecular complexity index is 618. The number of amides is 1. The SMILES string of the molecule is O=C(O)/C=C/C(=O)Nc1cccc(-n2cccn2)c1. The highest BCUT2D eigenvalue weighted by molar-refractivity contribution is 6.02. The van der Waals surface area contributed by atoms with Gasteiger partial charge in [0, 0.05) is 30.2 Å². The third kappa shape index (κ3) is 3.53. The molecule has 0 aliphatic rings. The normalized spacial score (nSPS) is 10.5. The summed E-state index contributed by atoms with van der Waals surface area (Å²) in [6, 6.07) is 8.85. The lowest BCUT2D eigenvalue weighted by molar-refractivity contribution is -0.131. The van der Waals surface area contributed by atoms with Crippen LogP contribution in [0.15, 0.2) is 54.9 Å². The summed E-state index contributed by atoms with van der Waals surface area (Å²) in [5, 5.41) is 15.1. The van der Waals surface area contributed by atoms with Gasteiger partial charge in [0.2, 0.25) is 5.91 Å². The number of hydrogen-bond acceptors (Lipinski definition) is 3. The van der Waals surface area contributed by atoms with Crippen LogP contribution >= 0.6 is 0 Å².